The summed E-state index contributed by atoms with van der Waals surface area (Å²) >= 11 is 0. The SMILES string of the molecule is Cc1cccc(CC(CN)C[Si](C)(C)C)c1. The Balaban J connectivity index is 2.63. The summed E-state index contributed by atoms with van der Waals surface area (Å²) in [5.41, 5.74) is 8.68. The smallest absolute Gasteiger partial charge is 0.0446 e. The van der Waals surface area contributed by atoms with Gasteiger partial charge in [0.15, 0.2) is 0 Å². The zero-order chi connectivity index (χ0) is 12.2. The molecule has 0 spiro atoms. The first-order chi connectivity index (χ1) is 7.40. The van der Waals surface area contributed by atoms with E-state index in [1.807, 2.05) is 0 Å². The maximum absolute atomic E-state index is 5.89. The largest absolute Gasteiger partial charge is 0.330 e. The molecule has 0 heterocycles. The van der Waals surface area contributed by atoms with Crippen LogP contribution >= 0.6 is 0 Å². The summed E-state index contributed by atoms with van der Waals surface area (Å²) in [5, 5.41) is 0. The van der Waals surface area contributed by atoms with Gasteiger partial charge in [0.2, 0.25) is 0 Å². The molecule has 0 aromatic heterocycles. The van der Waals surface area contributed by atoms with E-state index in [2.05, 4.69) is 50.8 Å². The number of benzene rings is 1. The van der Waals surface area contributed by atoms with Crippen LogP contribution < -0.4 is 5.73 Å². The van der Waals surface area contributed by atoms with E-state index in [4.69, 9.17) is 5.73 Å². The van der Waals surface area contributed by atoms with Gasteiger partial charge in [0.05, 0.1) is 0 Å². The van der Waals surface area contributed by atoms with E-state index in [1.54, 1.807) is 0 Å². The highest BCUT2D eigenvalue weighted by Crippen LogP contribution is 2.20. The molecule has 1 aromatic rings. The molecular weight excluding hydrogens is 210 g/mol. The molecule has 0 saturated carbocycles. The molecular formula is C14H25NSi. The van der Waals surface area contributed by atoms with Gasteiger partial charge in [-0.15, -0.1) is 0 Å². The Morgan fingerprint density at radius 3 is 2.44 bits per heavy atom. The quantitative estimate of drug-likeness (QED) is 0.777. The Morgan fingerprint density at radius 1 is 1.25 bits per heavy atom. The van der Waals surface area contributed by atoms with Crippen molar-refractivity contribution in [3.8, 4) is 0 Å². The van der Waals surface area contributed by atoms with Crippen molar-refractivity contribution in [3.05, 3.63) is 35.4 Å². The number of rotatable bonds is 5. The minimum atomic E-state index is -0.989. The minimum absolute atomic E-state index is 0.661. The summed E-state index contributed by atoms with van der Waals surface area (Å²) in [4.78, 5) is 0. The fourth-order valence-corrected chi connectivity index (χ4v) is 4.32. The first-order valence-corrected chi connectivity index (χ1v) is 9.87. The lowest BCUT2D eigenvalue weighted by molar-refractivity contribution is 0.584. The first kappa shape index (κ1) is 13.5. The van der Waals surface area contributed by atoms with Gasteiger partial charge in [-0.2, -0.15) is 0 Å². The lowest BCUT2D eigenvalue weighted by atomic mass is 10.00. The highest BCUT2D eigenvalue weighted by atomic mass is 28.3. The van der Waals surface area contributed by atoms with Crippen LogP contribution in [0.2, 0.25) is 25.7 Å². The van der Waals surface area contributed by atoms with Gasteiger partial charge in [0.1, 0.15) is 0 Å². The summed E-state index contributed by atoms with van der Waals surface area (Å²) in [6.07, 6.45) is 1.14. The van der Waals surface area contributed by atoms with Crippen LogP contribution in [0.4, 0.5) is 0 Å². The lowest BCUT2D eigenvalue weighted by Crippen LogP contribution is -2.29. The van der Waals surface area contributed by atoms with Gasteiger partial charge in [-0.05, 0) is 31.4 Å². The molecule has 2 heteroatoms. The molecule has 2 N–H and O–H groups in total. The van der Waals surface area contributed by atoms with Crippen molar-refractivity contribution in [1.82, 2.24) is 0 Å². The van der Waals surface area contributed by atoms with Gasteiger partial charge in [0.25, 0.3) is 0 Å². The standard InChI is InChI=1S/C14H25NSi/c1-12-6-5-7-13(8-12)9-14(10-15)11-16(2,3)4/h5-8,14H,9-11,15H2,1-4H3. The summed E-state index contributed by atoms with van der Waals surface area (Å²) in [7, 11) is -0.989. The van der Waals surface area contributed by atoms with Crippen LogP contribution in [0.3, 0.4) is 0 Å². The Hall–Kier alpha value is -0.603. The van der Waals surface area contributed by atoms with Crippen molar-refractivity contribution in [2.24, 2.45) is 11.7 Å². The minimum Gasteiger partial charge on any atom is -0.330 e. The highest BCUT2D eigenvalue weighted by molar-refractivity contribution is 6.76. The molecule has 0 saturated heterocycles. The monoisotopic (exact) mass is 235 g/mol. The van der Waals surface area contributed by atoms with E-state index in [1.165, 1.54) is 17.2 Å². The Morgan fingerprint density at radius 2 is 1.94 bits per heavy atom. The van der Waals surface area contributed by atoms with Crippen molar-refractivity contribution >= 4 is 8.07 Å². The Labute approximate surface area is 101 Å². The van der Waals surface area contributed by atoms with E-state index < -0.39 is 8.07 Å². The molecule has 0 bridgehead atoms. The van der Waals surface area contributed by atoms with E-state index in [0.29, 0.717) is 5.92 Å². The lowest BCUT2D eigenvalue weighted by Gasteiger charge is -2.23. The third kappa shape index (κ3) is 4.95. The third-order valence-corrected chi connectivity index (χ3v) is 4.64. The molecule has 0 aliphatic rings. The topological polar surface area (TPSA) is 26.0 Å². The van der Waals surface area contributed by atoms with E-state index in [9.17, 15) is 0 Å². The predicted molar refractivity (Wildman–Crippen MR) is 75.6 cm³/mol. The maximum atomic E-state index is 5.89. The zero-order valence-corrected chi connectivity index (χ0v) is 12.1. The van der Waals surface area contributed by atoms with Crippen molar-refractivity contribution in [3.63, 3.8) is 0 Å². The van der Waals surface area contributed by atoms with Gasteiger partial charge in [0, 0.05) is 8.07 Å². The highest BCUT2D eigenvalue weighted by Gasteiger charge is 2.19. The zero-order valence-electron chi connectivity index (χ0n) is 11.1. The second-order valence-corrected chi connectivity index (χ2v) is 11.6. The summed E-state index contributed by atoms with van der Waals surface area (Å²) < 4.78 is 0. The molecule has 0 aliphatic heterocycles. The molecule has 1 atom stereocenters. The molecule has 0 radical (unpaired) electrons. The van der Waals surface area contributed by atoms with Crippen LogP contribution in [-0.4, -0.2) is 14.6 Å². The van der Waals surface area contributed by atoms with Gasteiger partial charge < -0.3 is 5.73 Å². The molecule has 16 heavy (non-hydrogen) atoms. The van der Waals surface area contributed by atoms with Crippen molar-refractivity contribution in [1.29, 1.82) is 0 Å². The summed E-state index contributed by atoms with van der Waals surface area (Å²) in [6, 6.07) is 10.1. The van der Waals surface area contributed by atoms with E-state index >= 15 is 0 Å². The van der Waals surface area contributed by atoms with Crippen LogP contribution in [0.25, 0.3) is 0 Å². The molecule has 0 fully saturated rings. The van der Waals surface area contributed by atoms with E-state index in [0.717, 1.165) is 13.0 Å². The van der Waals surface area contributed by atoms with Gasteiger partial charge in [-0.3, -0.25) is 0 Å². The van der Waals surface area contributed by atoms with Crippen LogP contribution in [0.5, 0.6) is 0 Å². The molecule has 0 aliphatic carbocycles. The maximum Gasteiger partial charge on any atom is 0.0446 e. The third-order valence-electron chi connectivity index (χ3n) is 2.84. The molecule has 1 unspecified atom stereocenters. The van der Waals surface area contributed by atoms with Crippen LogP contribution in [0, 0.1) is 12.8 Å². The number of hydrogen-bond donors (Lipinski definition) is 1. The van der Waals surface area contributed by atoms with Crippen LogP contribution in [0.15, 0.2) is 24.3 Å². The number of aryl methyl sites for hydroxylation is 1. The number of hydrogen-bond acceptors (Lipinski definition) is 1. The molecule has 1 nitrogen and oxygen atoms in total. The molecule has 1 aromatic carbocycles. The summed E-state index contributed by atoms with van der Waals surface area (Å²) in [5.74, 6) is 0.661. The van der Waals surface area contributed by atoms with E-state index in [-0.39, 0.29) is 0 Å². The van der Waals surface area contributed by atoms with Crippen LogP contribution in [-0.2, 0) is 6.42 Å². The predicted octanol–water partition coefficient (Wildman–Crippen LogP) is 3.45. The first-order valence-electron chi connectivity index (χ1n) is 6.16. The summed E-state index contributed by atoms with van der Waals surface area (Å²) in [6.45, 7) is 10.2. The van der Waals surface area contributed by atoms with Gasteiger partial charge >= 0.3 is 0 Å². The average Bonchev–Trinajstić information content (AvgIpc) is 2.14. The van der Waals surface area contributed by atoms with Gasteiger partial charge in [-0.1, -0.05) is 55.5 Å². The van der Waals surface area contributed by atoms with Gasteiger partial charge in [-0.25, -0.2) is 0 Å². The van der Waals surface area contributed by atoms with Crippen molar-refractivity contribution < 1.29 is 0 Å². The second-order valence-electron chi connectivity index (χ2n) is 6.06. The number of nitrogens with two attached hydrogens (primary N) is 1. The normalized spacial score (nSPS) is 13.8. The van der Waals surface area contributed by atoms with Crippen molar-refractivity contribution in [2.75, 3.05) is 6.54 Å². The second kappa shape index (κ2) is 5.64. The molecule has 0 amide bonds. The van der Waals surface area contributed by atoms with Crippen LogP contribution in [0.1, 0.15) is 11.1 Å². The molecule has 1 rings (SSSR count). The fourth-order valence-electron chi connectivity index (χ4n) is 2.28. The Kier molecular flexibility index (Phi) is 4.75. The Bertz CT molecular complexity index is 328. The average molecular weight is 235 g/mol. The molecule has 90 valence electrons. The van der Waals surface area contributed by atoms with Crippen molar-refractivity contribution in [2.45, 2.75) is 39.0 Å². The fraction of sp³-hybridized carbons (Fsp3) is 0.571.